The molecule has 24 heavy (non-hydrogen) atoms. The van der Waals surface area contributed by atoms with E-state index in [0.29, 0.717) is 43.0 Å². The molecule has 0 aliphatic carbocycles. The van der Waals surface area contributed by atoms with Crippen molar-refractivity contribution in [2.45, 2.75) is 26.7 Å². The second kappa shape index (κ2) is 7.81. The molecular formula is C17H22N2O5. The van der Waals surface area contributed by atoms with Gasteiger partial charge in [-0.2, -0.15) is 0 Å². The van der Waals surface area contributed by atoms with Crippen LogP contribution < -0.4 is 4.74 Å². The van der Waals surface area contributed by atoms with E-state index >= 15 is 0 Å². The third-order valence-corrected chi connectivity index (χ3v) is 4.08. The number of rotatable bonds is 4. The number of nitrogens with zero attached hydrogens (tertiary/aromatic N) is 2. The lowest BCUT2D eigenvalue weighted by molar-refractivity contribution is -0.141. The van der Waals surface area contributed by atoms with Crippen LogP contribution in [0.5, 0.6) is 11.5 Å². The predicted octanol–water partition coefficient (Wildman–Crippen LogP) is 1.93. The van der Waals surface area contributed by atoms with Gasteiger partial charge in [0.05, 0.1) is 12.8 Å². The number of carbonyl (C=O) groups excluding carboxylic acids is 2. The number of amides is 1. The lowest BCUT2D eigenvalue weighted by Gasteiger charge is -2.31. The highest BCUT2D eigenvalue weighted by molar-refractivity contribution is 6.04. The van der Waals surface area contributed by atoms with Crippen molar-refractivity contribution in [2.75, 3.05) is 20.2 Å². The summed E-state index contributed by atoms with van der Waals surface area (Å²) in [4.78, 5) is 29.2. The number of methoxy groups -OCH3 is 1. The minimum Gasteiger partial charge on any atom is -0.507 e. The van der Waals surface area contributed by atoms with Gasteiger partial charge >= 0.3 is 5.97 Å². The first-order valence-corrected chi connectivity index (χ1v) is 7.80. The van der Waals surface area contributed by atoms with E-state index in [1.54, 1.807) is 24.0 Å². The van der Waals surface area contributed by atoms with Crippen molar-refractivity contribution >= 4 is 17.6 Å². The normalized spacial score (nSPS) is 16.0. The molecule has 7 nitrogen and oxygen atoms in total. The van der Waals surface area contributed by atoms with Gasteiger partial charge in [-0.15, -0.1) is 0 Å². The molecule has 1 heterocycles. The summed E-state index contributed by atoms with van der Waals surface area (Å²) in [6.45, 7) is 4.03. The fraction of sp³-hybridized carbons (Fsp3) is 0.471. The van der Waals surface area contributed by atoms with Gasteiger partial charge in [0.1, 0.15) is 11.5 Å². The summed E-state index contributed by atoms with van der Waals surface area (Å²) in [5.74, 6) is 0.0314. The highest BCUT2D eigenvalue weighted by Gasteiger charge is 2.27. The molecule has 0 saturated carbocycles. The number of carbonyl (C=O) groups is 2. The molecule has 1 N–H and O–H groups in total. The summed E-state index contributed by atoms with van der Waals surface area (Å²) in [6.07, 6.45) is 1.37. The molecule has 7 heteroatoms. The molecule has 0 unspecified atom stereocenters. The van der Waals surface area contributed by atoms with Gasteiger partial charge in [-0.3, -0.25) is 4.79 Å². The molecular weight excluding hydrogens is 312 g/mol. The first-order valence-electron chi connectivity index (χ1n) is 7.80. The Bertz CT molecular complexity index is 648. The second-order valence-corrected chi connectivity index (χ2v) is 5.72. The van der Waals surface area contributed by atoms with Gasteiger partial charge in [0.25, 0.3) is 0 Å². The van der Waals surface area contributed by atoms with Crippen molar-refractivity contribution in [3.05, 3.63) is 23.8 Å². The number of likely N-dealkylation sites (tertiary alicyclic amines) is 1. The van der Waals surface area contributed by atoms with Crippen LogP contribution in [0, 0.1) is 5.92 Å². The monoisotopic (exact) mass is 334 g/mol. The molecule has 1 aliphatic rings. The van der Waals surface area contributed by atoms with E-state index < -0.39 is 5.97 Å². The molecule has 1 fully saturated rings. The molecule has 0 bridgehead atoms. The van der Waals surface area contributed by atoms with Gasteiger partial charge in [0.15, 0.2) is 0 Å². The lowest BCUT2D eigenvalue weighted by atomic mass is 9.87. The number of piperidine rings is 1. The van der Waals surface area contributed by atoms with Crippen molar-refractivity contribution < 1.29 is 24.3 Å². The maximum absolute atomic E-state index is 11.5. The van der Waals surface area contributed by atoms with E-state index in [0.717, 1.165) is 0 Å². The van der Waals surface area contributed by atoms with Gasteiger partial charge in [0.2, 0.25) is 5.91 Å². The van der Waals surface area contributed by atoms with E-state index in [4.69, 9.17) is 9.57 Å². The predicted molar refractivity (Wildman–Crippen MR) is 87.9 cm³/mol. The number of phenolic OH excluding ortho intramolecular Hbond substituents is 1. The molecule has 1 aromatic rings. The number of phenols is 1. The average Bonchev–Trinajstić information content (AvgIpc) is 2.56. The van der Waals surface area contributed by atoms with Crippen LogP contribution in [0.2, 0.25) is 0 Å². The van der Waals surface area contributed by atoms with Crippen LogP contribution in [-0.2, 0) is 14.4 Å². The van der Waals surface area contributed by atoms with Crippen LogP contribution in [0.4, 0.5) is 0 Å². The number of oxime groups is 1. The van der Waals surface area contributed by atoms with Crippen molar-refractivity contribution in [3.63, 3.8) is 0 Å². The molecule has 1 aromatic carbocycles. The Balaban J connectivity index is 2.28. The van der Waals surface area contributed by atoms with Crippen LogP contribution in [-0.4, -0.2) is 47.8 Å². The lowest BCUT2D eigenvalue weighted by Crippen LogP contribution is -2.39. The molecule has 1 amide bonds. The standard InChI is InChI=1S/C17H22N2O5/c1-11(20)19-8-6-13(7-9-19)17(18-24-12(2)21)15-5-4-14(23-3)10-16(15)22/h4-5,10,13,22H,6-9H2,1-3H3. The molecule has 2 rings (SSSR count). The SMILES string of the molecule is COc1ccc(C(=NOC(C)=O)C2CCN(C(C)=O)CC2)c(O)c1. The number of benzene rings is 1. The highest BCUT2D eigenvalue weighted by atomic mass is 16.7. The van der Waals surface area contributed by atoms with Crippen LogP contribution >= 0.6 is 0 Å². The Kier molecular flexibility index (Phi) is 5.78. The topological polar surface area (TPSA) is 88.4 Å². The first-order chi connectivity index (χ1) is 11.4. The summed E-state index contributed by atoms with van der Waals surface area (Å²) >= 11 is 0. The Morgan fingerprint density at radius 1 is 1.25 bits per heavy atom. The van der Waals surface area contributed by atoms with E-state index in [9.17, 15) is 14.7 Å². The number of hydrogen-bond acceptors (Lipinski definition) is 6. The van der Waals surface area contributed by atoms with Crippen LogP contribution in [0.1, 0.15) is 32.3 Å². The average molecular weight is 334 g/mol. The maximum atomic E-state index is 11.5. The molecule has 0 atom stereocenters. The van der Waals surface area contributed by atoms with Crippen molar-refractivity contribution in [1.82, 2.24) is 4.90 Å². The zero-order valence-corrected chi connectivity index (χ0v) is 14.1. The Morgan fingerprint density at radius 2 is 1.92 bits per heavy atom. The molecule has 1 saturated heterocycles. The van der Waals surface area contributed by atoms with E-state index in [-0.39, 0.29) is 17.6 Å². The number of ether oxygens (including phenoxy) is 1. The van der Waals surface area contributed by atoms with Crippen molar-refractivity contribution in [3.8, 4) is 11.5 Å². The summed E-state index contributed by atoms with van der Waals surface area (Å²) < 4.78 is 5.08. The second-order valence-electron chi connectivity index (χ2n) is 5.72. The third-order valence-electron chi connectivity index (χ3n) is 4.08. The highest BCUT2D eigenvalue weighted by Crippen LogP contribution is 2.30. The number of hydrogen-bond donors (Lipinski definition) is 1. The quantitative estimate of drug-likeness (QED) is 0.516. The largest absolute Gasteiger partial charge is 0.507 e. The Hall–Kier alpha value is -2.57. The van der Waals surface area contributed by atoms with Crippen LogP contribution in [0.15, 0.2) is 23.4 Å². The Morgan fingerprint density at radius 3 is 2.42 bits per heavy atom. The fourth-order valence-corrected chi connectivity index (χ4v) is 2.78. The van der Waals surface area contributed by atoms with Crippen molar-refractivity contribution in [1.29, 1.82) is 0 Å². The first kappa shape index (κ1) is 17.8. The zero-order chi connectivity index (χ0) is 17.7. The molecule has 0 aromatic heterocycles. The minimum atomic E-state index is -0.526. The van der Waals surface area contributed by atoms with E-state index in [1.807, 2.05) is 0 Å². The fourth-order valence-electron chi connectivity index (χ4n) is 2.78. The third kappa shape index (κ3) is 4.24. The van der Waals surface area contributed by atoms with Crippen LogP contribution in [0.25, 0.3) is 0 Å². The Labute approximate surface area is 140 Å². The summed E-state index contributed by atoms with van der Waals surface area (Å²) in [7, 11) is 1.51. The van der Waals surface area contributed by atoms with Crippen molar-refractivity contribution in [2.24, 2.45) is 11.1 Å². The molecule has 1 aliphatic heterocycles. The van der Waals surface area contributed by atoms with Gasteiger partial charge in [-0.05, 0) is 25.0 Å². The number of aromatic hydroxyl groups is 1. The molecule has 130 valence electrons. The van der Waals surface area contributed by atoms with Gasteiger partial charge in [0, 0.05) is 44.5 Å². The molecule has 0 radical (unpaired) electrons. The van der Waals surface area contributed by atoms with Gasteiger partial charge in [-0.25, -0.2) is 4.79 Å². The smallest absolute Gasteiger partial charge is 0.331 e. The summed E-state index contributed by atoms with van der Waals surface area (Å²) in [5.41, 5.74) is 1.01. The maximum Gasteiger partial charge on any atom is 0.331 e. The van der Waals surface area contributed by atoms with Gasteiger partial charge in [-0.1, -0.05) is 5.16 Å². The van der Waals surface area contributed by atoms with Gasteiger partial charge < -0.3 is 19.6 Å². The summed E-state index contributed by atoms with van der Waals surface area (Å²) in [6, 6.07) is 4.89. The minimum absolute atomic E-state index is 0.00856. The van der Waals surface area contributed by atoms with E-state index in [1.165, 1.54) is 20.1 Å². The van der Waals surface area contributed by atoms with E-state index in [2.05, 4.69) is 5.16 Å². The van der Waals surface area contributed by atoms with Crippen LogP contribution in [0.3, 0.4) is 0 Å². The summed E-state index contributed by atoms with van der Waals surface area (Å²) in [5, 5.41) is 14.2. The molecule has 0 spiro atoms. The zero-order valence-electron chi connectivity index (χ0n) is 14.1.